The van der Waals surface area contributed by atoms with Crippen molar-refractivity contribution in [1.29, 1.82) is 0 Å². The fourth-order valence-corrected chi connectivity index (χ4v) is 3.56. The molecule has 108 valence electrons. The van der Waals surface area contributed by atoms with E-state index in [1.54, 1.807) is 0 Å². The van der Waals surface area contributed by atoms with Gasteiger partial charge in [-0.2, -0.15) is 0 Å². The number of rotatable bonds is 7. The van der Waals surface area contributed by atoms with Crippen LogP contribution in [0.5, 0.6) is 0 Å². The van der Waals surface area contributed by atoms with Crippen molar-refractivity contribution in [2.24, 2.45) is 0 Å². The van der Waals surface area contributed by atoms with E-state index in [0.717, 1.165) is 19.6 Å². The summed E-state index contributed by atoms with van der Waals surface area (Å²) in [4.78, 5) is 2.83. The minimum atomic E-state index is 0.466. The van der Waals surface area contributed by atoms with Crippen LogP contribution in [-0.2, 0) is 4.74 Å². The molecule has 1 heterocycles. The molecule has 1 aromatic heterocycles. The molecule has 0 amide bonds. The molecule has 3 heteroatoms. The zero-order chi connectivity index (χ0) is 13.5. The second kappa shape index (κ2) is 8.03. The van der Waals surface area contributed by atoms with Crippen LogP contribution in [0.4, 0.5) is 0 Å². The van der Waals surface area contributed by atoms with Crippen molar-refractivity contribution in [3.63, 3.8) is 0 Å². The molecule has 19 heavy (non-hydrogen) atoms. The lowest BCUT2D eigenvalue weighted by Crippen LogP contribution is -2.22. The maximum atomic E-state index is 5.94. The van der Waals surface area contributed by atoms with E-state index in [0.29, 0.717) is 12.1 Å². The van der Waals surface area contributed by atoms with Gasteiger partial charge in [0.25, 0.3) is 0 Å². The SMILES string of the molecule is Cc1ccc(C(C)NCCCOC2CCCCC2)s1. The molecule has 0 spiro atoms. The smallest absolute Gasteiger partial charge is 0.0575 e. The van der Waals surface area contributed by atoms with E-state index in [-0.39, 0.29) is 0 Å². The van der Waals surface area contributed by atoms with Gasteiger partial charge in [-0.25, -0.2) is 0 Å². The Kier molecular flexibility index (Phi) is 6.35. The van der Waals surface area contributed by atoms with Gasteiger partial charge in [0, 0.05) is 22.4 Å². The molecule has 1 unspecified atom stereocenters. The Morgan fingerprint density at radius 2 is 2.11 bits per heavy atom. The average Bonchev–Trinajstić information content (AvgIpc) is 2.86. The van der Waals surface area contributed by atoms with Gasteiger partial charge in [-0.15, -0.1) is 11.3 Å². The van der Waals surface area contributed by atoms with E-state index in [2.05, 4.69) is 31.3 Å². The number of ether oxygens (including phenoxy) is 1. The molecule has 2 nitrogen and oxygen atoms in total. The van der Waals surface area contributed by atoms with Crippen molar-refractivity contribution in [2.45, 2.75) is 64.5 Å². The molecule has 0 bridgehead atoms. The molecule has 0 radical (unpaired) electrons. The first-order chi connectivity index (χ1) is 9.25. The Balaban J connectivity index is 1.54. The van der Waals surface area contributed by atoms with Gasteiger partial charge in [0.1, 0.15) is 0 Å². The molecular weight excluding hydrogens is 254 g/mol. The predicted molar refractivity (Wildman–Crippen MR) is 82.9 cm³/mol. The van der Waals surface area contributed by atoms with Gasteiger partial charge in [-0.1, -0.05) is 19.3 Å². The Labute approximate surface area is 121 Å². The second-order valence-corrected chi connectivity index (χ2v) is 6.93. The van der Waals surface area contributed by atoms with Gasteiger partial charge >= 0.3 is 0 Å². The number of aryl methyl sites for hydroxylation is 1. The Hall–Kier alpha value is -0.380. The molecule has 2 rings (SSSR count). The van der Waals surface area contributed by atoms with Gasteiger partial charge in [-0.05, 0) is 51.8 Å². The monoisotopic (exact) mass is 281 g/mol. The summed E-state index contributed by atoms with van der Waals surface area (Å²) in [6.45, 7) is 6.37. The molecule has 1 atom stereocenters. The first-order valence-electron chi connectivity index (χ1n) is 7.67. The van der Waals surface area contributed by atoms with Crippen LogP contribution in [0.1, 0.15) is 61.2 Å². The van der Waals surface area contributed by atoms with Crippen LogP contribution in [0.3, 0.4) is 0 Å². The third kappa shape index (κ3) is 5.25. The largest absolute Gasteiger partial charge is 0.378 e. The zero-order valence-corrected chi connectivity index (χ0v) is 13.1. The molecule has 0 aliphatic heterocycles. The summed E-state index contributed by atoms with van der Waals surface area (Å²) < 4.78 is 5.94. The predicted octanol–water partition coefficient (Wildman–Crippen LogP) is 4.45. The van der Waals surface area contributed by atoms with Crippen molar-refractivity contribution < 1.29 is 4.74 Å². The van der Waals surface area contributed by atoms with Gasteiger partial charge in [0.2, 0.25) is 0 Å². The lowest BCUT2D eigenvalue weighted by Gasteiger charge is -2.22. The maximum absolute atomic E-state index is 5.94. The highest BCUT2D eigenvalue weighted by molar-refractivity contribution is 7.12. The first-order valence-corrected chi connectivity index (χ1v) is 8.48. The quantitative estimate of drug-likeness (QED) is 0.746. The number of nitrogens with one attached hydrogen (secondary N) is 1. The third-order valence-corrected chi connectivity index (χ3v) is 5.05. The van der Waals surface area contributed by atoms with Crippen LogP contribution in [0.25, 0.3) is 0 Å². The zero-order valence-electron chi connectivity index (χ0n) is 12.3. The van der Waals surface area contributed by atoms with E-state index in [4.69, 9.17) is 4.74 Å². The number of thiophene rings is 1. The van der Waals surface area contributed by atoms with Gasteiger partial charge in [0.15, 0.2) is 0 Å². The average molecular weight is 281 g/mol. The number of hydrogen-bond acceptors (Lipinski definition) is 3. The fourth-order valence-electron chi connectivity index (χ4n) is 2.66. The van der Waals surface area contributed by atoms with Crippen LogP contribution >= 0.6 is 11.3 Å². The van der Waals surface area contributed by atoms with E-state index < -0.39 is 0 Å². The van der Waals surface area contributed by atoms with Crippen molar-refractivity contribution in [3.8, 4) is 0 Å². The van der Waals surface area contributed by atoms with E-state index in [1.165, 1.54) is 41.9 Å². The lowest BCUT2D eigenvalue weighted by atomic mass is 9.98. The first kappa shape index (κ1) is 15.0. The summed E-state index contributed by atoms with van der Waals surface area (Å²) in [5, 5.41) is 3.58. The van der Waals surface area contributed by atoms with Crippen molar-refractivity contribution in [3.05, 3.63) is 21.9 Å². The lowest BCUT2D eigenvalue weighted by molar-refractivity contribution is 0.0271. The van der Waals surface area contributed by atoms with Gasteiger partial charge in [0.05, 0.1) is 6.10 Å². The minimum absolute atomic E-state index is 0.466. The maximum Gasteiger partial charge on any atom is 0.0575 e. The summed E-state index contributed by atoms with van der Waals surface area (Å²) in [5.41, 5.74) is 0. The molecule has 1 fully saturated rings. The minimum Gasteiger partial charge on any atom is -0.378 e. The molecule has 1 aliphatic carbocycles. The Morgan fingerprint density at radius 3 is 2.79 bits per heavy atom. The summed E-state index contributed by atoms with van der Waals surface area (Å²) >= 11 is 1.89. The fraction of sp³-hybridized carbons (Fsp3) is 0.750. The van der Waals surface area contributed by atoms with E-state index >= 15 is 0 Å². The van der Waals surface area contributed by atoms with Crippen LogP contribution in [0.15, 0.2) is 12.1 Å². The van der Waals surface area contributed by atoms with Crippen LogP contribution < -0.4 is 5.32 Å². The van der Waals surface area contributed by atoms with Crippen molar-refractivity contribution in [2.75, 3.05) is 13.2 Å². The highest BCUT2D eigenvalue weighted by Gasteiger charge is 2.13. The normalized spacial score (nSPS) is 18.6. The van der Waals surface area contributed by atoms with Gasteiger partial charge in [-0.3, -0.25) is 0 Å². The van der Waals surface area contributed by atoms with Crippen LogP contribution in [0, 0.1) is 6.92 Å². The Morgan fingerprint density at radius 1 is 1.32 bits per heavy atom. The molecule has 1 aromatic rings. The molecule has 1 saturated carbocycles. The molecule has 0 saturated heterocycles. The molecule has 1 aliphatic rings. The molecule has 0 aromatic carbocycles. The summed E-state index contributed by atoms with van der Waals surface area (Å²) in [6.07, 6.45) is 8.34. The third-order valence-electron chi connectivity index (χ3n) is 3.87. The van der Waals surface area contributed by atoms with Crippen molar-refractivity contribution >= 4 is 11.3 Å². The summed E-state index contributed by atoms with van der Waals surface area (Å²) in [6, 6.07) is 4.90. The highest BCUT2D eigenvalue weighted by atomic mass is 32.1. The van der Waals surface area contributed by atoms with E-state index in [9.17, 15) is 0 Å². The van der Waals surface area contributed by atoms with E-state index in [1.807, 2.05) is 11.3 Å². The second-order valence-electron chi connectivity index (χ2n) is 5.61. The Bertz CT molecular complexity index is 357. The molecular formula is C16H27NOS. The summed E-state index contributed by atoms with van der Waals surface area (Å²) in [5.74, 6) is 0. The molecule has 1 N–H and O–H groups in total. The topological polar surface area (TPSA) is 21.3 Å². The van der Waals surface area contributed by atoms with Crippen molar-refractivity contribution in [1.82, 2.24) is 5.32 Å². The summed E-state index contributed by atoms with van der Waals surface area (Å²) in [7, 11) is 0. The number of hydrogen-bond donors (Lipinski definition) is 1. The van der Waals surface area contributed by atoms with Crippen LogP contribution in [0.2, 0.25) is 0 Å². The standard InChI is InChI=1S/C16H27NOS/c1-13-9-10-16(19-13)14(2)17-11-6-12-18-15-7-4-3-5-8-15/h9-10,14-15,17H,3-8,11-12H2,1-2H3. The van der Waals surface area contributed by atoms with Gasteiger partial charge < -0.3 is 10.1 Å². The highest BCUT2D eigenvalue weighted by Crippen LogP contribution is 2.22. The van der Waals surface area contributed by atoms with Crippen LogP contribution in [-0.4, -0.2) is 19.3 Å².